The van der Waals surface area contributed by atoms with E-state index in [1.807, 2.05) is 34.6 Å². The van der Waals surface area contributed by atoms with Crippen LogP contribution in [0, 0.1) is 0 Å². The Bertz CT molecular complexity index is 850. The van der Waals surface area contributed by atoms with Crippen molar-refractivity contribution < 1.29 is 33.9 Å². The molecular weight excluding hydrogens is 472 g/mol. The molecule has 0 amide bonds. The predicted molar refractivity (Wildman–Crippen MR) is 141 cm³/mol. The lowest BCUT2D eigenvalue weighted by Gasteiger charge is -2.39. The van der Waals surface area contributed by atoms with Gasteiger partial charge in [0.05, 0.1) is 70.2 Å². The summed E-state index contributed by atoms with van der Waals surface area (Å²) in [6, 6.07) is 0. The second kappa shape index (κ2) is 9.12. The van der Waals surface area contributed by atoms with Crippen molar-refractivity contribution >= 4 is 0 Å². The maximum Gasteiger partial charge on any atom is 0.0940 e. The van der Waals surface area contributed by atoms with E-state index in [0.29, 0.717) is 0 Å². The van der Waals surface area contributed by atoms with Crippen LogP contribution < -0.4 is 0 Å². The Morgan fingerprint density at radius 2 is 1.14 bits per heavy atom. The normalized spacial score (nSPS) is 51.4. The molecule has 5 rings (SSSR count). The highest BCUT2D eigenvalue weighted by atomic mass is 16.6. The number of hydrogen-bond acceptors (Lipinski definition) is 7. The zero-order valence-electron chi connectivity index (χ0n) is 24.5. The predicted octanol–water partition coefficient (Wildman–Crippen LogP) is 4.83. The van der Waals surface area contributed by atoms with Crippen molar-refractivity contribution in [2.24, 2.45) is 0 Å². The van der Waals surface area contributed by atoms with Crippen LogP contribution in [0.2, 0.25) is 0 Å². The van der Waals surface area contributed by atoms with Gasteiger partial charge in [0, 0.05) is 0 Å². The largest absolute Gasteiger partial charge is 0.388 e. The van der Waals surface area contributed by atoms with E-state index >= 15 is 0 Å². The molecule has 0 aromatic heterocycles. The molecule has 7 nitrogen and oxygen atoms in total. The molecule has 0 unspecified atom stereocenters. The van der Waals surface area contributed by atoms with Gasteiger partial charge in [-0.2, -0.15) is 0 Å². The summed E-state index contributed by atoms with van der Waals surface area (Å²) in [6.45, 7) is 15.9. The molecule has 0 radical (unpaired) electrons. The fourth-order valence-corrected chi connectivity index (χ4v) is 7.62. The molecule has 0 saturated carbocycles. The molecule has 0 aliphatic carbocycles. The highest BCUT2D eigenvalue weighted by Gasteiger charge is 2.58. The Morgan fingerprint density at radius 1 is 0.568 bits per heavy atom. The summed E-state index contributed by atoms with van der Waals surface area (Å²) in [5, 5.41) is 21.1. The van der Waals surface area contributed by atoms with E-state index in [4.69, 9.17) is 23.7 Å². The lowest BCUT2D eigenvalue weighted by atomic mass is 9.84. The van der Waals surface area contributed by atoms with Crippen molar-refractivity contribution in [1.82, 2.24) is 0 Å². The van der Waals surface area contributed by atoms with Crippen LogP contribution in [0.3, 0.4) is 0 Å². The van der Waals surface area contributed by atoms with Crippen molar-refractivity contribution in [3.05, 3.63) is 0 Å². The van der Waals surface area contributed by atoms with Crippen LogP contribution in [-0.4, -0.2) is 80.4 Å². The van der Waals surface area contributed by atoms with Crippen molar-refractivity contribution in [3.63, 3.8) is 0 Å². The van der Waals surface area contributed by atoms with Crippen LogP contribution in [0.15, 0.2) is 0 Å². The summed E-state index contributed by atoms with van der Waals surface area (Å²) in [5.41, 5.74) is -3.32. The molecular formula is C30H52O7. The molecule has 5 heterocycles. The molecule has 5 saturated heterocycles. The second-order valence-corrected chi connectivity index (χ2v) is 14.8. The number of hydrogen-bond donors (Lipinski definition) is 2. The first-order chi connectivity index (χ1) is 17.0. The lowest BCUT2D eigenvalue weighted by molar-refractivity contribution is -0.211. The summed E-state index contributed by atoms with van der Waals surface area (Å²) < 4.78 is 33.0. The van der Waals surface area contributed by atoms with E-state index < -0.39 is 16.8 Å². The summed E-state index contributed by atoms with van der Waals surface area (Å²) in [6.07, 6.45) is 9.33. The van der Waals surface area contributed by atoms with Crippen LogP contribution in [0.5, 0.6) is 0 Å². The van der Waals surface area contributed by atoms with Gasteiger partial charge in [0.25, 0.3) is 0 Å². The Kier molecular flexibility index (Phi) is 6.96. The van der Waals surface area contributed by atoms with Crippen molar-refractivity contribution in [1.29, 1.82) is 0 Å². The van der Waals surface area contributed by atoms with Gasteiger partial charge in [-0.3, -0.25) is 0 Å². The minimum atomic E-state index is -0.887. The molecule has 5 aliphatic heterocycles. The van der Waals surface area contributed by atoms with Gasteiger partial charge in [0.1, 0.15) is 0 Å². The Hall–Kier alpha value is -0.280. The molecule has 0 spiro atoms. The fraction of sp³-hybridized carbons (Fsp3) is 1.00. The first-order valence-electron chi connectivity index (χ1n) is 14.8. The van der Waals surface area contributed by atoms with Crippen LogP contribution in [0.1, 0.15) is 120 Å². The SMILES string of the molecule is CC(C)(O)[C@@H]1CC[C@](C)([C@@H]2CC[C@](C)([C@H]3CC[C@@H]([C@@H]4CC[C@](C)([C@@H]5CC[C@](C)(C(C)(C)O)O5)O4)O3)O2)O1. The average molecular weight is 525 g/mol. The van der Waals surface area contributed by atoms with E-state index in [1.54, 1.807) is 0 Å². The smallest absolute Gasteiger partial charge is 0.0940 e. The molecule has 10 atom stereocenters. The third-order valence-corrected chi connectivity index (χ3v) is 10.9. The summed E-state index contributed by atoms with van der Waals surface area (Å²) in [5.74, 6) is 0. The molecule has 2 N–H and O–H groups in total. The molecule has 0 aromatic carbocycles. The van der Waals surface area contributed by atoms with Crippen LogP contribution >= 0.6 is 0 Å². The van der Waals surface area contributed by atoms with E-state index in [0.717, 1.165) is 64.2 Å². The zero-order valence-corrected chi connectivity index (χ0v) is 24.5. The summed E-state index contributed by atoms with van der Waals surface area (Å²) >= 11 is 0. The molecule has 0 aromatic rings. The molecule has 214 valence electrons. The highest BCUT2D eigenvalue weighted by molar-refractivity contribution is 5.06. The lowest BCUT2D eigenvalue weighted by Crippen LogP contribution is -2.50. The summed E-state index contributed by atoms with van der Waals surface area (Å²) in [4.78, 5) is 0. The molecule has 0 bridgehead atoms. The Balaban J connectivity index is 1.16. The fourth-order valence-electron chi connectivity index (χ4n) is 7.62. The van der Waals surface area contributed by atoms with Gasteiger partial charge in [-0.25, -0.2) is 0 Å². The van der Waals surface area contributed by atoms with Crippen molar-refractivity contribution in [2.75, 3.05) is 0 Å². The molecule has 5 aliphatic rings. The maximum atomic E-state index is 10.6. The average Bonchev–Trinajstić information content (AvgIpc) is 3.57. The Labute approximate surface area is 223 Å². The van der Waals surface area contributed by atoms with E-state index in [-0.39, 0.29) is 53.4 Å². The van der Waals surface area contributed by atoms with Crippen LogP contribution in [0.4, 0.5) is 0 Å². The topological polar surface area (TPSA) is 86.6 Å². The van der Waals surface area contributed by atoms with Crippen LogP contribution in [0.25, 0.3) is 0 Å². The van der Waals surface area contributed by atoms with Gasteiger partial charge in [0.15, 0.2) is 0 Å². The summed E-state index contributed by atoms with van der Waals surface area (Å²) in [7, 11) is 0. The first kappa shape index (κ1) is 28.3. The molecule has 7 heteroatoms. The van der Waals surface area contributed by atoms with Gasteiger partial charge in [-0.05, 0) is 120 Å². The molecule has 37 heavy (non-hydrogen) atoms. The standard InChI is InChI=1S/C30H52O7/c1-25(2,31)21-12-16-29(7,35-21)23-13-17-27(5,36-23)22-10-9-19(33-22)20-11-15-28(6,34-20)24-14-18-30(8,37-24)26(3,4)32/h19-24,31-32H,9-18H2,1-8H3/t19-,20-,21-,22+,23-,24-,27+,28+,29+,30+/m0/s1. The minimum Gasteiger partial charge on any atom is -0.388 e. The van der Waals surface area contributed by atoms with Gasteiger partial charge < -0.3 is 33.9 Å². The second-order valence-electron chi connectivity index (χ2n) is 14.8. The van der Waals surface area contributed by atoms with Gasteiger partial charge in [-0.15, -0.1) is 0 Å². The van der Waals surface area contributed by atoms with Crippen molar-refractivity contribution in [2.45, 2.75) is 190 Å². The number of aliphatic hydroxyl groups is 2. The van der Waals surface area contributed by atoms with Gasteiger partial charge in [-0.1, -0.05) is 0 Å². The van der Waals surface area contributed by atoms with E-state index in [9.17, 15) is 10.2 Å². The first-order valence-corrected chi connectivity index (χ1v) is 14.8. The third-order valence-electron chi connectivity index (χ3n) is 10.9. The quantitative estimate of drug-likeness (QED) is 0.515. The zero-order chi connectivity index (χ0) is 27.1. The van der Waals surface area contributed by atoms with Crippen molar-refractivity contribution in [3.8, 4) is 0 Å². The maximum absolute atomic E-state index is 10.6. The Morgan fingerprint density at radius 3 is 1.76 bits per heavy atom. The monoisotopic (exact) mass is 524 g/mol. The van der Waals surface area contributed by atoms with E-state index in [1.165, 1.54) is 0 Å². The number of ether oxygens (including phenoxy) is 5. The van der Waals surface area contributed by atoms with Crippen LogP contribution in [-0.2, 0) is 23.7 Å². The molecule has 5 fully saturated rings. The van der Waals surface area contributed by atoms with E-state index in [2.05, 4.69) is 20.8 Å². The highest BCUT2D eigenvalue weighted by Crippen LogP contribution is 2.50. The van der Waals surface area contributed by atoms with Gasteiger partial charge in [0.2, 0.25) is 0 Å². The van der Waals surface area contributed by atoms with Gasteiger partial charge >= 0.3 is 0 Å². The number of rotatable bonds is 6. The minimum absolute atomic E-state index is 0.0116. The third kappa shape index (κ3) is 5.05.